The molecule has 0 amide bonds. The van der Waals surface area contributed by atoms with Gasteiger partial charge in [0, 0.05) is 6.08 Å². The van der Waals surface area contributed by atoms with Crippen molar-refractivity contribution < 1.29 is 9.53 Å². The van der Waals surface area contributed by atoms with Gasteiger partial charge in [-0.15, -0.1) is 0 Å². The smallest absolute Gasteiger partial charge is 0.330 e. The van der Waals surface area contributed by atoms with Crippen LogP contribution in [0.1, 0.15) is 38.5 Å². The van der Waals surface area contributed by atoms with Gasteiger partial charge in [0.15, 0.2) is 0 Å². The average molecular weight is 182 g/mol. The molecule has 0 bridgehead atoms. The number of hydrogen-bond acceptors (Lipinski definition) is 2. The highest BCUT2D eigenvalue weighted by molar-refractivity contribution is 5.81. The maximum atomic E-state index is 10.7. The number of ether oxygens (including phenoxy) is 1. The number of rotatable bonds is 5. The van der Waals surface area contributed by atoms with Gasteiger partial charge < -0.3 is 4.74 Å². The molecule has 0 radical (unpaired) electrons. The Balaban J connectivity index is 1.94. The predicted molar refractivity (Wildman–Crippen MR) is 52.3 cm³/mol. The molecule has 0 heterocycles. The number of carbonyl (C=O) groups is 1. The molecule has 2 heteroatoms. The summed E-state index contributed by atoms with van der Waals surface area (Å²) in [5, 5.41) is 0. The van der Waals surface area contributed by atoms with E-state index in [2.05, 4.69) is 6.58 Å². The lowest BCUT2D eigenvalue weighted by molar-refractivity contribution is -0.137. The fraction of sp³-hybridized carbons (Fsp3) is 0.727. The highest BCUT2D eigenvalue weighted by Gasteiger charge is 2.14. The zero-order valence-electron chi connectivity index (χ0n) is 8.13. The predicted octanol–water partition coefficient (Wildman–Crippen LogP) is 2.69. The second-order valence-corrected chi connectivity index (χ2v) is 3.66. The van der Waals surface area contributed by atoms with E-state index in [4.69, 9.17) is 4.74 Å². The molecule has 13 heavy (non-hydrogen) atoms. The van der Waals surface area contributed by atoms with Gasteiger partial charge in [-0.2, -0.15) is 0 Å². The molecule has 0 saturated heterocycles. The lowest BCUT2D eigenvalue weighted by Gasteiger charge is -2.07. The van der Waals surface area contributed by atoms with Crippen LogP contribution in [0.25, 0.3) is 0 Å². The van der Waals surface area contributed by atoms with E-state index in [1.807, 2.05) is 0 Å². The summed E-state index contributed by atoms with van der Waals surface area (Å²) >= 11 is 0. The van der Waals surface area contributed by atoms with E-state index in [9.17, 15) is 4.79 Å². The minimum absolute atomic E-state index is 0.300. The molecule has 1 aliphatic rings. The Hall–Kier alpha value is -0.790. The van der Waals surface area contributed by atoms with Gasteiger partial charge in [-0.1, -0.05) is 32.3 Å². The second-order valence-electron chi connectivity index (χ2n) is 3.66. The van der Waals surface area contributed by atoms with E-state index < -0.39 is 0 Å². The Morgan fingerprint density at radius 2 is 2.15 bits per heavy atom. The summed E-state index contributed by atoms with van der Waals surface area (Å²) in [4.78, 5) is 10.7. The maximum absolute atomic E-state index is 10.7. The zero-order chi connectivity index (χ0) is 9.52. The van der Waals surface area contributed by atoms with Crippen molar-refractivity contribution in [3.63, 3.8) is 0 Å². The normalized spacial score (nSPS) is 17.2. The van der Waals surface area contributed by atoms with E-state index in [0.29, 0.717) is 6.61 Å². The summed E-state index contributed by atoms with van der Waals surface area (Å²) in [6.45, 7) is 3.90. The van der Waals surface area contributed by atoms with Crippen molar-refractivity contribution in [1.29, 1.82) is 0 Å². The van der Waals surface area contributed by atoms with Crippen LogP contribution in [-0.2, 0) is 9.53 Å². The molecular formula is C11H18O2. The molecule has 0 aromatic heterocycles. The molecule has 74 valence electrons. The van der Waals surface area contributed by atoms with Crippen LogP contribution >= 0.6 is 0 Å². The third-order valence-electron chi connectivity index (χ3n) is 2.64. The van der Waals surface area contributed by atoms with Crippen LogP contribution in [-0.4, -0.2) is 12.6 Å². The Bertz CT molecular complexity index is 169. The topological polar surface area (TPSA) is 26.3 Å². The standard InChI is InChI=1S/C11H18O2/c1-2-11(12)13-9-5-8-10-6-3-4-7-10/h2,10H,1,3-9H2. The molecule has 1 saturated carbocycles. The molecule has 0 aliphatic heterocycles. The molecule has 0 aromatic rings. The molecule has 1 rings (SSSR count). The van der Waals surface area contributed by atoms with Gasteiger partial charge in [-0.3, -0.25) is 0 Å². The third-order valence-corrected chi connectivity index (χ3v) is 2.64. The fourth-order valence-electron chi connectivity index (χ4n) is 1.90. The summed E-state index contributed by atoms with van der Waals surface area (Å²) in [5.41, 5.74) is 0. The first-order valence-electron chi connectivity index (χ1n) is 5.12. The van der Waals surface area contributed by atoms with Crippen LogP contribution in [0.5, 0.6) is 0 Å². The van der Waals surface area contributed by atoms with Crippen LogP contribution in [0.4, 0.5) is 0 Å². The molecule has 0 unspecified atom stereocenters. The van der Waals surface area contributed by atoms with Gasteiger partial charge in [-0.05, 0) is 18.8 Å². The molecule has 1 fully saturated rings. The van der Waals surface area contributed by atoms with Gasteiger partial charge in [0.1, 0.15) is 0 Å². The van der Waals surface area contributed by atoms with E-state index in [-0.39, 0.29) is 5.97 Å². The summed E-state index contributed by atoms with van der Waals surface area (Å²) in [5.74, 6) is 0.592. The van der Waals surface area contributed by atoms with Crippen molar-refractivity contribution in [2.24, 2.45) is 5.92 Å². The van der Waals surface area contributed by atoms with Crippen LogP contribution < -0.4 is 0 Å². The van der Waals surface area contributed by atoms with Gasteiger partial charge >= 0.3 is 5.97 Å². The number of esters is 1. The fourth-order valence-corrected chi connectivity index (χ4v) is 1.90. The summed E-state index contributed by atoms with van der Waals surface area (Å²) in [7, 11) is 0. The van der Waals surface area contributed by atoms with Crippen molar-refractivity contribution in [2.75, 3.05) is 6.61 Å². The lowest BCUT2D eigenvalue weighted by Crippen LogP contribution is -2.03. The Morgan fingerprint density at radius 1 is 1.46 bits per heavy atom. The molecule has 2 nitrogen and oxygen atoms in total. The Labute approximate surface area is 80.0 Å². The summed E-state index contributed by atoms with van der Waals surface area (Å²) < 4.78 is 4.89. The van der Waals surface area contributed by atoms with Crippen molar-refractivity contribution in [3.8, 4) is 0 Å². The van der Waals surface area contributed by atoms with Gasteiger partial charge in [-0.25, -0.2) is 4.79 Å². The number of carbonyl (C=O) groups excluding carboxylic acids is 1. The van der Waals surface area contributed by atoms with Crippen molar-refractivity contribution >= 4 is 5.97 Å². The van der Waals surface area contributed by atoms with Gasteiger partial charge in [0.05, 0.1) is 6.61 Å². The molecule has 0 aromatic carbocycles. The maximum Gasteiger partial charge on any atom is 0.330 e. The first kappa shape index (κ1) is 10.3. The summed E-state index contributed by atoms with van der Waals surface area (Å²) in [6.07, 6.45) is 8.95. The zero-order valence-corrected chi connectivity index (χ0v) is 8.13. The monoisotopic (exact) mass is 182 g/mol. The Morgan fingerprint density at radius 3 is 2.77 bits per heavy atom. The SMILES string of the molecule is C=CC(=O)OCCCC1CCCC1. The molecule has 0 spiro atoms. The van der Waals surface area contributed by atoms with Crippen LogP contribution in [0.3, 0.4) is 0 Å². The third kappa shape index (κ3) is 4.11. The summed E-state index contributed by atoms with van der Waals surface area (Å²) in [6, 6.07) is 0. The minimum atomic E-state index is -0.300. The quantitative estimate of drug-likeness (QED) is 0.371. The number of hydrogen-bond donors (Lipinski definition) is 0. The first-order chi connectivity index (χ1) is 6.33. The highest BCUT2D eigenvalue weighted by Crippen LogP contribution is 2.28. The van der Waals surface area contributed by atoms with Crippen molar-refractivity contribution in [3.05, 3.63) is 12.7 Å². The largest absolute Gasteiger partial charge is 0.463 e. The average Bonchev–Trinajstić information content (AvgIpc) is 2.64. The minimum Gasteiger partial charge on any atom is -0.463 e. The van der Waals surface area contributed by atoms with Crippen molar-refractivity contribution in [2.45, 2.75) is 38.5 Å². The molecular weight excluding hydrogens is 164 g/mol. The van der Waals surface area contributed by atoms with E-state index in [0.717, 1.165) is 12.3 Å². The highest BCUT2D eigenvalue weighted by atomic mass is 16.5. The molecule has 0 atom stereocenters. The first-order valence-corrected chi connectivity index (χ1v) is 5.12. The van der Waals surface area contributed by atoms with Gasteiger partial charge in [0.2, 0.25) is 0 Å². The molecule has 1 aliphatic carbocycles. The van der Waals surface area contributed by atoms with E-state index >= 15 is 0 Å². The second kappa shape index (κ2) is 5.79. The van der Waals surface area contributed by atoms with Crippen molar-refractivity contribution in [1.82, 2.24) is 0 Å². The van der Waals surface area contributed by atoms with Gasteiger partial charge in [0.25, 0.3) is 0 Å². The van der Waals surface area contributed by atoms with Crippen LogP contribution in [0.2, 0.25) is 0 Å². The van der Waals surface area contributed by atoms with E-state index in [1.54, 1.807) is 0 Å². The Kier molecular flexibility index (Phi) is 4.58. The van der Waals surface area contributed by atoms with Crippen LogP contribution in [0.15, 0.2) is 12.7 Å². The van der Waals surface area contributed by atoms with E-state index in [1.165, 1.54) is 38.2 Å². The lowest BCUT2D eigenvalue weighted by atomic mass is 10.0. The van der Waals surface area contributed by atoms with Crippen LogP contribution in [0, 0.1) is 5.92 Å². The molecule has 0 N–H and O–H groups in total.